The van der Waals surface area contributed by atoms with E-state index in [4.69, 9.17) is 17.2 Å². The predicted octanol–water partition coefficient (Wildman–Crippen LogP) is -2.14. The van der Waals surface area contributed by atoms with Crippen LogP contribution in [0.25, 0.3) is 10.9 Å². The number of rotatable bonds is 20. The number of nitrogens with two attached hydrogens (primary N) is 3. The molecular weight excluding hydrogens is 1100 g/mol. The number of nitrogens with zero attached hydrogens (tertiary/aromatic N) is 3. The summed E-state index contributed by atoms with van der Waals surface area (Å²) in [5.74, 6) is -8.66. The molecule has 0 radical (unpaired) electrons. The molecule has 28 nitrogen and oxygen atoms in total. The number of hydrogen-bond donors (Lipinski definition) is 14. The molecule has 85 heavy (non-hydrogen) atoms. The van der Waals surface area contributed by atoms with Crippen LogP contribution in [-0.4, -0.2) is 165 Å². The zero-order valence-corrected chi connectivity index (χ0v) is 47.8. The highest BCUT2D eigenvalue weighted by atomic mass is 16.2. The minimum atomic E-state index is -1.63. The molecule has 0 bridgehead atoms. The van der Waals surface area contributed by atoms with Gasteiger partial charge in [-0.3, -0.25) is 57.7 Å². The Morgan fingerprint density at radius 2 is 1.42 bits per heavy atom. The second-order valence-electron chi connectivity index (χ2n) is 21.2. The molecule has 2 aliphatic heterocycles. The summed E-state index contributed by atoms with van der Waals surface area (Å²) in [6.07, 6.45) is 5.86. The number of amides is 11. The van der Waals surface area contributed by atoms with Gasteiger partial charge in [-0.1, -0.05) is 68.3 Å². The van der Waals surface area contributed by atoms with Gasteiger partial charge in [0.25, 0.3) is 0 Å². The summed E-state index contributed by atoms with van der Waals surface area (Å²) in [6.45, 7) is 2.80. The molecule has 2 fully saturated rings. The maximum atomic E-state index is 14.9. The highest BCUT2D eigenvalue weighted by Crippen LogP contribution is 2.21. The fourth-order valence-corrected chi connectivity index (χ4v) is 10.1. The Kier molecular flexibility index (Phi) is 24.7. The van der Waals surface area contributed by atoms with Crippen molar-refractivity contribution in [2.75, 3.05) is 26.2 Å². The quantitative estimate of drug-likeness (QED) is 0.0255. The summed E-state index contributed by atoms with van der Waals surface area (Å²) >= 11 is 0. The average Bonchev–Trinajstić information content (AvgIpc) is 4.42. The number of para-hydroxylation sites is 1. The van der Waals surface area contributed by atoms with Crippen LogP contribution in [0.1, 0.15) is 101 Å². The Balaban J connectivity index is 1.39. The highest BCUT2D eigenvalue weighted by molar-refractivity contribution is 5.99. The summed E-state index contributed by atoms with van der Waals surface area (Å²) in [6, 6.07) is 5.14. The first-order valence-corrected chi connectivity index (χ1v) is 28.6. The standard InChI is InChI=1S/C57H79N17O11/c1-3-4-17-40(67-33(2)75)51(80)73-45-28-47(76)62-22-11-10-19-39(50(79)65-31-48(77)74-24-13-21-46(74)49(58)78)68-54(83)43(26-35-29-64-38-18-9-8-16-37(35)38)71-52(81)41(20-12-23-63-57(59)60)69-53(82)42(25-34-14-6-5-7-15-34)70-55(84)44(72-56(45)85)27-36-30-61-32-66-36/h5-9,14-16,18,29-30,32,39-46,64H,3-4,10-13,17,19-28,31H2,1-2H3,(H2,58,78)(H,61,66)(H,62,76)(H,65,79)(H,67,75)(H,68,83)(H,69,82)(H,70,84)(H,71,81)(H,72,85)(H,73,80)(H4,59,60,63)/t39-,40-,41-,42+,43-,44-,45-,46-/m0/s1. The van der Waals surface area contributed by atoms with E-state index in [9.17, 15) is 52.7 Å². The number of aromatic nitrogens is 3. The molecule has 11 amide bonds. The molecule has 0 unspecified atom stereocenters. The maximum absolute atomic E-state index is 14.9. The number of benzene rings is 2. The molecule has 4 heterocycles. The average molecular weight is 1180 g/mol. The van der Waals surface area contributed by atoms with E-state index in [0.717, 1.165) is 10.9 Å². The number of aromatic amines is 2. The van der Waals surface area contributed by atoms with Crippen molar-refractivity contribution in [2.24, 2.45) is 22.2 Å². The van der Waals surface area contributed by atoms with Crippen molar-refractivity contribution in [2.45, 2.75) is 152 Å². The minimum absolute atomic E-state index is 0.0236. The number of carbonyl (C=O) groups is 11. The van der Waals surface area contributed by atoms with Gasteiger partial charge in [-0.05, 0) is 68.6 Å². The van der Waals surface area contributed by atoms with Gasteiger partial charge in [0.15, 0.2) is 5.96 Å². The summed E-state index contributed by atoms with van der Waals surface area (Å²) in [5.41, 5.74) is 19.1. The number of likely N-dealkylation sites (tertiary alicyclic amines) is 1. The lowest BCUT2D eigenvalue weighted by Gasteiger charge is -2.28. The number of aliphatic imine (C=N–C) groups is 1. The fourth-order valence-electron chi connectivity index (χ4n) is 10.1. The van der Waals surface area contributed by atoms with Gasteiger partial charge in [-0.2, -0.15) is 0 Å². The molecule has 4 aromatic rings. The smallest absolute Gasteiger partial charge is 0.243 e. The summed E-state index contributed by atoms with van der Waals surface area (Å²) in [5, 5.41) is 25.0. The van der Waals surface area contributed by atoms with Crippen LogP contribution in [0, 0.1) is 0 Å². The van der Waals surface area contributed by atoms with Gasteiger partial charge in [0.2, 0.25) is 65.0 Å². The van der Waals surface area contributed by atoms with Gasteiger partial charge < -0.3 is 79.9 Å². The maximum Gasteiger partial charge on any atom is 0.243 e. The fraction of sp³-hybridized carbons (Fsp3) is 0.491. The Hall–Kier alpha value is -9.37. The molecule has 2 aromatic heterocycles. The largest absolute Gasteiger partial charge is 0.370 e. The molecule has 28 heteroatoms. The second-order valence-corrected chi connectivity index (χ2v) is 21.2. The third-order valence-electron chi connectivity index (χ3n) is 14.6. The zero-order valence-electron chi connectivity index (χ0n) is 47.8. The van der Waals surface area contributed by atoms with Crippen LogP contribution in [0.15, 0.2) is 78.3 Å². The lowest BCUT2D eigenvalue weighted by molar-refractivity contribution is -0.138. The monoisotopic (exact) mass is 1180 g/mol. The summed E-state index contributed by atoms with van der Waals surface area (Å²) in [4.78, 5) is 169. The molecule has 8 atom stereocenters. The van der Waals surface area contributed by atoms with Gasteiger partial charge in [0, 0.05) is 74.8 Å². The SMILES string of the molecule is CCCC[C@H](NC(C)=O)C(=O)N[C@H]1CC(=O)NCCCC[C@@H](C(=O)NCC(=O)N2CCC[C@H]2C(N)=O)NC(=O)[C@H](Cc2c[nH]c3ccccc23)NC(=O)[C@H](CCCN=C(N)N)NC(=O)[C@@H](Cc2ccccc2)NC(=O)[C@H](Cc2cnc[nH]2)NC1=O. The van der Waals surface area contributed by atoms with Gasteiger partial charge in [-0.15, -0.1) is 0 Å². The zero-order chi connectivity index (χ0) is 61.4. The lowest BCUT2D eigenvalue weighted by atomic mass is 10.0. The third kappa shape index (κ3) is 20.2. The van der Waals surface area contributed by atoms with Gasteiger partial charge in [0.1, 0.15) is 48.3 Å². The van der Waals surface area contributed by atoms with Crippen molar-refractivity contribution in [3.63, 3.8) is 0 Å². The van der Waals surface area contributed by atoms with Gasteiger partial charge >= 0.3 is 0 Å². The second kappa shape index (κ2) is 32.5. The number of fused-ring (bicyclic) bond motifs is 1. The van der Waals surface area contributed by atoms with Crippen molar-refractivity contribution in [1.29, 1.82) is 0 Å². The number of primary amides is 1. The Morgan fingerprint density at radius 3 is 2.12 bits per heavy atom. The first-order valence-electron chi connectivity index (χ1n) is 28.6. The molecule has 0 aliphatic carbocycles. The van der Waals surface area contributed by atoms with E-state index in [2.05, 4.69) is 67.8 Å². The van der Waals surface area contributed by atoms with Crippen LogP contribution >= 0.6 is 0 Å². The normalized spacial score (nSPS) is 21.8. The Labute approximate surface area is 491 Å². The molecule has 0 spiro atoms. The first kappa shape index (κ1) is 64.8. The molecule has 0 saturated carbocycles. The number of hydrogen-bond acceptors (Lipinski definition) is 13. The van der Waals surface area contributed by atoms with Crippen molar-refractivity contribution in [3.05, 3.63) is 90.1 Å². The topological polar surface area (TPSA) is 434 Å². The number of unbranched alkanes of at least 4 members (excludes halogenated alkanes) is 1. The minimum Gasteiger partial charge on any atom is -0.370 e. The van der Waals surface area contributed by atoms with Crippen LogP contribution < -0.4 is 65.1 Å². The number of H-pyrrole nitrogens is 2. The van der Waals surface area contributed by atoms with E-state index in [-0.39, 0.29) is 83.4 Å². The van der Waals surface area contributed by atoms with Crippen molar-refractivity contribution < 1.29 is 52.7 Å². The molecule has 2 saturated heterocycles. The number of guanidine groups is 1. The molecule has 2 aliphatic rings. The van der Waals surface area contributed by atoms with Crippen LogP contribution in [-0.2, 0) is 72.0 Å². The predicted molar refractivity (Wildman–Crippen MR) is 311 cm³/mol. The van der Waals surface area contributed by atoms with Crippen LogP contribution in [0.5, 0.6) is 0 Å². The van der Waals surface area contributed by atoms with Crippen molar-refractivity contribution in [1.82, 2.24) is 67.7 Å². The molecule has 458 valence electrons. The van der Waals surface area contributed by atoms with Crippen molar-refractivity contribution in [3.8, 4) is 0 Å². The Bertz CT molecular complexity index is 3000. The van der Waals surface area contributed by atoms with Gasteiger partial charge in [0.05, 0.1) is 19.3 Å². The molecular formula is C57H79N17O11. The van der Waals surface area contributed by atoms with Crippen molar-refractivity contribution >= 4 is 81.8 Å². The van der Waals surface area contributed by atoms with E-state index >= 15 is 0 Å². The van der Waals surface area contributed by atoms with Crippen LogP contribution in [0.4, 0.5) is 0 Å². The van der Waals surface area contributed by atoms with Gasteiger partial charge in [-0.25, -0.2) is 4.98 Å². The molecule has 17 N–H and O–H groups in total. The molecule has 6 rings (SSSR count). The number of nitrogens with one attached hydrogen (secondary N) is 11. The van der Waals surface area contributed by atoms with E-state index in [0.29, 0.717) is 42.5 Å². The first-order chi connectivity index (χ1) is 40.8. The summed E-state index contributed by atoms with van der Waals surface area (Å²) < 4.78 is 0. The molecule has 2 aromatic carbocycles. The number of carbonyl (C=O) groups excluding carboxylic acids is 11. The van der Waals surface area contributed by atoms with E-state index in [1.54, 1.807) is 42.6 Å². The lowest BCUT2D eigenvalue weighted by Crippen LogP contribution is -2.61. The van der Waals surface area contributed by atoms with E-state index in [1.165, 1.54) is 24.3 Å². The highest BCUT2D eigenvalue weighted by Gasteiger charge is 2.37. The van der Waals surface area contributed by atoms with E-state index < -0.39 is 126 Å². The van der Waals surface area contributed by atoms with Crippen LogP contribution in [0.2, 0.25) is 0 Å². The third-order valence-corrected chi connectivity index (χ3v) is 14.6. The summed E-state index contributed by atoms with van der Waals surface area (Å²) in [7, 11) is 0. The van der Waals surface area contributed by atoms with Crippen LogP contribution in [0.3, 0.4) is 0 Å². The Morgan fingerprint density at radius 1 is 0.753 bits per heavy atom. The number of imidazole rings is 1. The van der Waals surface area contributed by atoms with E-state index in [1.807, 2.05) is 25.1 Å².